The lowest BCUT2D eigenvalue weighted by Crippen LogP contribution is -2.29. The monoisotopic (exact) mass is 472 g/mol. The molecule has 3 aromatic rings. The van der Waals surface area contributed by atoms with Gasteiger partial charge in [0.05, 0.1) is 25.1 Å². The number of halogens is 1. The predicted molar refractivity (Wildman–Crippen MR) is 128 cm³/mol. The van der Waals surface area contributed by atoms with Gasteiger partial charge in [-0.05, 0) is 54.4 Å². The summed E-state index contributed by atoms with van der Waals surface area (Å²) in [6.07, 6.45) is 1.16. The minimum absolute atomic E-state index is 0.121. The molecule has 0 aromatic heterocycles. The molecule has 0 bridgehead atoms. The van der Waals surface area contributed by atoms with Crippen LogP contribution in [0.2, 0.25) is 5.02 Å². The first-order chi connectivity index (χ1) is 15.3. The van der Waals surface area contributed by atoms with Gasteiger partial charge >= 0.3 is 0 Å². The SMILES string of the molecule is CCOc1ccccc1N(Cc1ccc(C(=O)NCc2ccc(Cl)cc2)cc1)S(C)(=O)=O. The van der Waals surface area contributed by atoms with E-state index in [9.17, 15) is 13.2 Å². The first kappa shape index (κ1) is 23.6. The highest BCUT2D eigenvalue weighted by Gasteiger charge is 2.21. The lowest BCUT2D eigenvalue weighted by atomic mass is 10.1. The van der Waals surface area contributed by atoms with Crippen LogP contribution in [0.5, 0.6) is 5.75 Å². The normalized spacial score (nSPS) is 11.1. The van der Waals surface area contributed by atoms with E-state index in [1.807, 2.05) is 19.1 Å². The molecule has 0 spiro atoms. The van der Waals surface area contributed by atoms with Gasteiger partial charge in [0.25, 0.3) is 5.91 Å². The van der Waals surface area contributed by atoms with Crippen molar-refractivity contribution < 1.29 is 17.9 Å². The van der Waals surface area contributed by atoms with Gasteiger partial charge in [-0.2, -0.15) is 0 Å². The molecule has 0 saturated carbocycles. The summed E-state index contributed by atoms with van der Waals surface area (Å²) in [4.78, 5) is 12.5. The van der Waals surface area contributed by atoms with Crippen molar-refractivity contribution in [3.8, 4) is 5.75 Å². The van der Waals surface area contributed by atoms with Crippen LogP contribution in [0.3, 0.4) is 0 Å². The van der Waals surface area contributed by atoms with E-state index in [1.54, 1.807) is 60.7 Å². The number of nitrogens with one attached hydrogen (secondary N) is 1. The first-order valence-corrected chi connectivity index (χ1v) is 12.3. The van der Waals surface area contributed by atoms with Crippen molar-refractivity contribution in [3.63, 3.8) is 0 Å². The van der Waals surface area contributed by atoms with Crippen molar-refractivity contribution >= 4 is 33.2 Å². The van der Waals surface area contributed by atoms with Gasteiger partial charge in [-0.1, -0.05) is 48.0 Å². The lowest BCUT2D eigenvalue weighted by molar-refractivity contribution is 0.0951. The zero-order valence-corrected chi connectivity index (χ0v) is 19.5. The van der Waals surface area contributed by atoms with Crippen LogP contribution in [0.25, 0.3) is 0 Å². The Balaban J connectivity index is 1.72. The second-order valence-electron chi connectivity index (χ2n) is 7.18. The summed E-state index contributed by atoms with van der Waals surface area (Å²) in [5.74, 6) is 0.284. The second-order valence-corrected chi connectivity index (χ2v) is 9.52. The average molecular weight is 473 g/mol. The van der Waals surface area contributed by atoms with Crippen LogP contribution in [0.15, 0.2) is 72.8 Å². The number of para-hydroxylation sites is 2. The Hall–Kier alpha value is -3.03. The molecule has 0 fully saturated rings. The Bertz CT molecular complexity index is 1160. The Morgan fingerprint density at radius 3 is 2.22 bits per heavy atom. The Morgan fingerprint density at radius 1 is 0.969 bits per heavy atom. The van der Waals surface area contributed by atoms with Gasteiger partial charge < -0.3 is 10.1 Å². The van der Waals surface area contributed by atoms with E-state index in [1.165, 1.54) is 4.31 Å². The number of sulfonamides is 1. The minimum Gasteiger partial charge on any atom is -0.492 e. The first-order valence-electron chi connectivity index (χ1n) is 10.1. The molecule has 1 amide bonds. The summed E-state index contributed by atoms with van der Waals surface area (Å²) in [6.45, 7) is 2.77. The molecular formula is C24H25ClN2O4S. The summed E-state index contributed by atoms with van der Waals surface area (Å²) in [5, 5.41) is 3.50. The maximum Gasteiger partial charge on any atom is 0.251 e. The van der Waals surface area contributed by atoms with E-state index < -0.39 is 10.0 Å². The molecule has 0 aliphatic carbocycles. The number of carbonyl (C=O) groups is 1. The van der Waals surface area contributed by atoms with Gasteiger partial charge in [-0.3, -0.25) is 9.10 Å². The van der Waals surface area contributed by atoms with Crippen LogP contribution in [0.4, 0.5) is 5.69 Å². The maximum atomic E-state index is 12.5. The van der Waals surface area contributed by atoms with E-state index in [-0.39, 0.29) is 12.5 Å². The van der Waals surface area contributed by atoms with E-state index in [2.05, 4.69) is 5.32 Å². The van der Waals surface area contributed by atoms with Gasteiger partial charge in [0.2, 0.25) is 10.0 Å². The standard InChI is InChI=1S/C24H25ClN2O4S/c1-3-31-23-7-5-4-6-22(23)27(32(2,29)30)17-19-8-12-20(13-9-19)24(28)26-16-18-10-14-21(25)15-11-18/h4-15H,3,16-17H2,1-2H3,(H,26,28). The Kier molecular flexibility index (Phi) is 7.77. The van der Waals surface area contributed by atoms with Crippen LogP contribution in [-0.4, -0.2) is 27.2 Å². The molecule has 3 rings (SSSR count). The maximum absolute atomic E-state index is 12.5. The highest BCUT2D eigenvalue weighted by atomic mass is 35.5. The molecule has 32 heavy (non-hydrogen) atoms. The quantitative estimate of drug-likeness (QED) is 0.492. The van der Waals surface area contributed by atoms with Crippen LogP contribution in [0.1, 0.15) is 28.4 Å². The number of rotatable bonds is 9. The number of benzene rings is 3. The van der Waals surface area contributed by atoms with Crippen molar-refractivity contribution in [2.75, 3.05) is 17.2 Å². The predicted octanol–water partition coefficient (Wildman–Crippen LogP) is 4.63. The van der Waals surface area contributed by atoms with Gasteiger partial charge in [-0.25, -0.2) is 8.42 Å². The highest BCUT2D eigenvalue weighted by molar-refractivity contribution is 7.92. The summed E-state index contributed by atoms with van der Waals surface area (Å²) >= 11 is 5.88. The lowest BCUT2D eigenvalue weighted by Gasteiger charge is -2.24. The minimum atomic E-state index is -3.56. The van der Waals surface area contributed by atoms with Crippen molar-refractivity contribution in [2.45, 2.75) is 20.0 Å². The van der Waals surface area contributed by atoms with E-state index in [0.717, 1.165) is 17.4 Å². The number of hydrogen-bond donors (Lipinski definition) is 1. The van der Waals surface area contributed by atoms with Gasteiger partial charge in [0, 0.05) is 17.1 Å². The van der Waals surface area contributed by atoms with Crippen LogP contribution >= 0.6 is 11.6 Å². The fourth-order valence-corrected chi connectivity index (χ4v) is 4.15. The number of anilines is 1. The van der Waals surface area contributed by atoms with Gasteiger partial charge in [0.15, 0.2) is 0 Å². The summed E-state index contributed by atoms with van der Waals surface area (Å²) in [7, 11) is -3.56. The number of amides is 1. The molecule has 1 N–H and O–H groups in total. The Morgan fingerprint density at radius 2 is 1.59 bits per heavy atom. The number of hydrogen-bond acceptors (Lipinski definition) is 4. The topological polar surface area (TPSA) is 75.7 Å². The van der Waals surface area contributed by atoms with Crippen molar-refractivity contribution in [3.05, 3.63) is 94.5 Å². The molecule has 0 radical (unpaired) electrons. The fraction of sp³-hybridized carbons (Fsp3) is 0.208. The molecule has 0 atom stereocenters. The largest absolute Gasteiger partial charge is 0.492 e. The van der Waals surface area contributed by atoms with E-state index >= 15 is 0 Å². The Labute approximate surface area is 193 Å². The second kappa shape index (κ2) is 10.5. The number of ether oxygens (including phenoxy) is 1. The smallest absolute Gasteiger partial charge is 0.251 e. The summed E-state index contributed by atoms with van der Waals surface area (Å²) in [5.41, 5.74) is 2.65. The van der Waals surface area contributed by atoms with Crippen molar-refractivity contribution in [1.82, 2.24) is 5.32 Å². The van der Waals surface area contributed by atoms with Crippen LogP contribution < -0.4 is 14.4 Å². The van der Waals surface area contributed by atoms with Crippen LogP contribution in [-0.2, 0) is 23.1 Å². The molecular weight excluding hydrogens is 448 g/mol. The molecule has 3 aromatic carbocycles. The molecule has 0 aliphatic heterocycles. The van der Waals surface area contributed by atoms with E-state index in [0.29, 0.717) is 35.2 Å². The molecule has 0 heterocycles. The molecule has 0 saturated heterocycles. The third-order valence-electron chi connectivity index (χ3n) is 4.74. The number of nitrogens with zero attached hydrogens (tertiary/aromatic N) is 1. The van der Waals surface area contributed by atoms with Gasteiger partial charge in [-0.15, -0.1) is 0 Å². The third kappa shape index (κ3) is 6.24. The number of carbonyl (C=O) groups excluding carboxylic acids is 1. The van der Waals surface area contributed by atoms with Crippen molar-refractivity contribution in [1.29, 1.82) is 0 Å². The van der Waals surface area contributed by atoms with Crippen LogP contribution in [0, 0.1) is 0 Å². The van der Waals surface area contributed by atoms with E-state index in [4.69, 9.17) is 16.3 Å². The molecule has 0 unspecified atom stereocenters. The fourth-order valence-electron chi connectivity index (χ4n) is 3.14. The zero-order chi connectivity index (χ0) is 23.1. The van der Waals surface area contributed by atoms with Gasteiger partial charge in [0.1, 0.15) is 5.75 Å². The average Bonchev–Trinajstić information content (AvgIpc) is 2.77. The molecule has 168 valence electrons. The molecule has 8 heteroatoms. The summed E-state index contributed by atoms with van der Waals surface area (Å²) < 4.78 is 31.9. The third-order valence-corrected chi connectivity index (χ3v) is 6.12. The molecule has 6 nitrogen and oxygen atoms in total. The zero-order valence-electron chi connectivity index (χ0n) is 17.9. The molecule has 0 aliphatic rings. The summed E-state index contributed by atoms with van der Waals surface area (Å²) in [6, 6.07) is 21.1. The van der Waals surface area contributed by atoms with Crippen molar-refractivity contribution in [2.24, 2.45) is 0 Å². The highest BCUT2D eigenvalue weighted by Crippen LogP contribution is 2.31.